The predicted molar refractivity (Wildman–Crippen MR) is 58.7 cm³/mol. The van der Waals surface area contributed by atoms with Crippen LogP contribution in [-0.4, -0.2) is 50.4 Å². The molecule has 100 valence electrons. The number of hydrogen-bond donors (Lipinski definition) is 3. The van der Waals surface area contributed by atoms with Gasteiger partial charge < -0.3 is 15.6 Å². The van der Waals surface area contributed by atoms with Gasteiger partial charge in [-0.05, 0) is 6.92 Å². The zero-order valence-corrected chi connectivity index (χ0v) is 10.2. The van der Waals surface area contributed by atoms with Crippen LogP contribution >= 0.6 is 0 Å². The molecule has 4 N–H and O–H groups in total. The van der Waals surface area contributed by atoms with Crippen molar-refractivity contribution in [2.24, 2.45) is 5.73 Å². The lowest BCUT2D eigenvalue weighted by Gasteiger charge is -2.12. The molecule has 0 aromatic rings. The van der Waals surface area contributed by atoms with E-state index < -0.39 is 34.4 Å². The Labute approximate surface area is 99.2 Å². The number of carbonyl (C=O) groups is 2. The molecule has 0 radical (unpaired) electrons. The summed E-state index contributed by atoms with van der Waals surface area (Å²) in [6.07, 6.45) is -0.594. The minimum absolute atomic E-state index is 0.0469. The average Bonchev–Trinajstić information content (AvgIpc) is 2.15. The van der Waals surface area contributed by atoms with E-state index in [1.54, 1.807) is 6.92 Å². The third-order valence-electron chi connectivity index (χ3n) is 1.73. The topological polar surface area (TPSA) is 136 Å². The Morgan fingerprint density at radius 3 is 2.47 bits per heavy atom. The van der Waals surface area contributed by atoms with E-state index >= 15 is 0 Å². The molecule has 0 aliphatic heterocycles. The van der Waals surface area contributed by atoms with Gasteiger partial charge in [-0.1, -0.05) is 0 Å². The third kappa shape index (κ3) is 7.66. The zero-order valence-electron chi connectivity index (χ0n) is 9.38. The summed E-state index contributed by atoms with van der Waals surface area (Å²) >= 11 is 0. The number of nitrogens with one attached hydrogen (secondary N) is 1. The summed E-state index contributed by atoms with van der Waals surface area (Å²) < 4.78 is 29.5. The van der Waals surface area contributed by atoms with Crippen LogP contribution in [-0.2, 0) is 24.3 Å². The van der Waals surface area contributed by atoms with Gasteiger partial charge in [-0.2, -0.15) is 0 Å². The molecule has 0 aromatic carbocycles. The molecule has 0 saturated heterocycles. The van der Waals surface area contributed by atoms with Gasteiger partial charge in [0, 0.05) is 6.61 Å². The number of sulfonamides is 1. The number of carbonyl (C=O) groups excluding carboxylic acids is 1. The van der Waals surface area contributed by atoms with E-state index in [0.717, 1.165) is 0 Å². The van der Waals surface area contributed by atoms with Gasteiger partial charge in [0.15, 0.2) is 0 Å². The summed E-state index contributed by atoms with van der Waals surface area (Å²) in [6.45, 7) is 2.01. The quantitative estimate of drug-likeness (QED) is 0.425. The maximum atomic E-state index is 11.4. The number of primary amides is 1. The van der Waals surface area contributed by atoms with Crippen molar-refractivity contribution in [1.82, 2.24) is 4.72 Å². The van der Waals surface area contributed by atoms with Crippen molar-refractivity contribution < 1.29 is 27.9 Å². The van der Waals surface area contributed by atoms with Crippen molar-refractivity contribution in [1.29, 1.82) is 0 Å². The molecule has 0 aliphatic rings. The highest BCUT2D eigenvalue weighted by atomic mass is 32.2. The molecular formula is C8H16N2O6S. The van der Waals surface area contributed by atoms with Crippen LogP contribution in [0.15, 0.2) is 0 Å². The molecule has 1 atom stereocenters. The predicted octanol–water partition coefficient (Wildman–Crippen LogP) is -1.73. The SMILES string of the molecule is CCOCCS(=O)(=O)N[C@H](CC(N)=O)C(=O)O. The van der Waals surface area contributed by atoms with Crippen molar-refractivity contribution in [3.05, 3.63) is 0 Å². The van der Waals surface area contributed by atoms with Gasteiger partial charge in [-0.25, -0.2) is 13.1 Å². The number of carboxylic acid groups (broad SMARTS) is 1. The van der Waals surface area contributed by atoms with E-state index in [2.05, 4.69) is 0 Å². The number of rotatable bonds is 9. The van der Waals surface area contributed by atoms with Crippen molar-refractivity contribution in [3.63, 3.8) is 0 Å². The molecule has 0 saturated carbocycles. The Kier molecular flexibility index (Phi) is 6.69. The van der Waals surface area contributed by atoms with Crippen LogP contribution in [0.5, 0.6) is 0 Å². The molecule has 0 rings (SSSR count). The average molecular weight is 268 g/mol. The second-order valence-electron chi connectivity index (χ2n) is 3.19. The molecule has 9 heteroatoms. The summed E-state index contributed by atoms with van der Waals surface area (Å²) in [7, 11) is -3.81. The molecule has 0 unspecified atom stereocenters. The number of hydrogen-bond acceptors (Lipinski definition) is 5. The van der Waals surface area contributed by atoms with E-state index in [1.807, 2.05) is 4.72 Å². The summed E-state index contributed by atoms with van der Waals surface area (Å²) in [5.74, 6) is -2.72. The van der Waals surface area contributed by atoms with E-state index in [0.29, 0.717) is 6.61 Å². The van der Waals surface area contributed by atoms with Gasteiger partial charge >= 0.3 is 5.97 Å². The largest absolute Gasteiger partial charge is 0.480 e. The minimum atomic E-state index is -3.81. The molecule has 0 heterocycles. The fraction of sp³-hybridized carbons (Fsp3) is 0.750. The molecular weight excluding hydrogens is 252 g/mol. The van der Waals surface area contributed by atoms with Gasteiger partial charge in [0.25, 0.3) is 0 Å². The first kappa shape index (κ1) is 15.8. The van der Waals surface area contributed by atoms with Crippen molar-refractivity contribution >= 4 is 21.9 Å². The number of ether oxygens (including phenoxy) is 1. The first-order valence-corrected chi connectivity index (χ1v) is 6.52. The molecule has 8 nitrogen and oxygen atoms in total. The summed E-state index contributed by atoms with van der Waals surface area (Å²) in [5, 5.41) is 8.69. The Bertz CT molecular complexity index is 366. The highest BCUT2D eigenvalue weighted by Gasteiger charge is 2.25. The van der Waals surface area contributed by atoms with Crippen molar-refractivity contribution in [3.8, 4) is 0 Å². The van der Waals surface area contributed by atoms with Gasteiger partial charge in [0.1, 0.15) is 6.04 Å². The number of carboxylic acids is 1. The smallest absolute Gasteiger partial charge is 0.322 e. The maximum Gasteiger partial charge on any atom is 0.322 e. The maximum absolute atomic E-state index is 11.4. The van der Waals surface area contributed by atoms with Gasteiger partial charge in [0.2, 0.25) is 15.9 Å². The second-order valence-corrected chi connectivity index (χ2v) is 5.07. The molecule has 1 amide bonds. The van der Waals surface area contributed by atoms with Crippen molar-refractivity contribution in [2.45, 2.75) is 19.4 Å². The van der Waals surface area contributed by atoms with Crippen molar-refractivity contribution in [2.75, 3.05) is 19.0 Å². The van der Waals surface area contributed by atoms with Gasteiger partial charge in [0.05, 0.1) is 18.8 Å². The van der Waals surface area contributed by atoms with Crippen LogP contribution in [0, 0.1) is 0 Å². The van der Waals surface area contributed by atoms with Crippen LogP contribution in [0.1, 0.15) is 13.3 Å². The van der Waals surface area contributed by atoms with E-state index in [1.165, 1.54) is 0 Å². The van der Waals surface area contributed by atoms with Crippen LogP contribution in [0.2, 0.25) is 0 Å². The summed E-state index contributed by atoms with van der Waals surface area (Å²) in [4.78, 5) is 21.2. The van der Waals surface area contributed by atoms with E-state index in [9.17, 15) is 18.0 Å². The number of aliphatic carboxylic acids is 1. The molecule has 0 fully saturated rings. The Morgan fingerprint density at radius 1 is 1.47 bits per heavy atom. The van der Waals surface area contributed by atoms with Crippen LogP contribution in [0.25, 0.3) is 0 Å². The minimum Gasteiger partial charge on any atom is -0.480 e. The standard InChI is InChI=1S/C8H16N2O6S/c1-2-16-3-4-17(14,15)10-6(8(12)13)5-7(9)11/h6,10H,2-5H2,1H3,(H2,9,11)(H,12,13)/t6-/m1/s1. The van der Waals surface area contributed by atoms with Gasteiger partial charge in [-0.15, -0.1) is 0 Å². The Balaban J connectivity index is 4.42. The molecule has 0 spiro atoms. The third-order valence-corrected chi connectivity index (χ3v) is 3.07. The lowest BCUT2D eigenvalue weighted by molar-refractivity contribution is -0.140. The lowest BCUT2D eigenvalue weighted by Crippen LogP contribution is -2.44. The fourth-order valence-electron chi connectivity index (χ4n) is 0.969. The molecule has 0 aromatic heterocycles. The van der Waals surface area contributed by atoms with E-state index in [4.69, 9.17) is 15.6 Å². The monoisotopic (exact) mass is 268 g/mol. The Hall–Kier alpha value is -1.19. The highest BCUT2D eigenvalue weighted by molar-refractivity contribution is 7.89. The molecule has 17 heavy (non-hydrogen) atoms. The van der Waals surface area contributed by atoms with Crippen LogP contribution in [0.3, 0.4) is 0 Å². The fourth-order valence-corrected chi connectivity index (χ4v) is 2.04. The highest BCUT2D eigenvalue weighted by Crippen LogP contribution is 1.96. The number of amides is 1. The zero-order chi connectivity index (χ0) is 13.5. The first-order chi connectivity index (χ1) is 7.78. The van der Waals surface area contributed by atoms with E-state index in [-0.39, 0.29) is 12.4 Å². The second kappa shape index (κ2) is 7.20. The summed E-state index contributed by atoms with van der Waals surface area (Å²) in [5.41, 5.74) is 4.81. The van der Waals surface area contributed by atoms with Crippen LogP contribution < -0.4 is 10.5 Å². The lowest BCUT2D eigenvalue weighted by atomic mass is 10.2. The molecule has 0 bridgehead atoms. The normalized spacial score (nSPS) is 13.2. The number of nitrogens with two attached hydrogens (primary N) is 1. The van der Waals surface area contributed by atoms with Gasteiger partial charge in [-0.3, -0.25) is 9.59 Å². The Morgan fingerprint density at radius 2 is 2.06 bits per heavy atom. The first-order valence-electron chi connectivity index (χ1n) is 4.87. The van der Waals surface area contributed by atoms with Crippen LogP contribution in [0.4, 0.5) is 0 Å². The summed E-state index contributed by atoms with van der Waals surface area (Å²) in [6, 6.07) is -1.54. The molecule has 0 aliphatic carbocycles.